The molecule has 0 unspecified atom stereocenters. The Kier molecular flexibility index (Phi) is 5.17. The second-order valence-corrected chi connectivity index (χ2v) is 8.55. The van der Waals surface area contributed by atoms with Gasteiger partial charge in [-0.2, -0.15) is 5.26 Å². The third kappa shape index (κ3) is 3.50. The maximum absolute atomic E-state index is 12.6. The van der Waals surface area contributed by atoms with E-state index in [1.54, 1.807) is 31.2 Å². The number of halogens is 1. The number of nitrogens with zero attached hydrogens (tertiary/aromatic N) is 2. The summed E-state index contributed by atoms with van der Waals surface area (Å²) in [5.74, 6) is 0.0316. The van der Waals surface area contributed by atoms with Crippen molar-refractivity contribution in [2.45, 2.75) is 38.8 Å². The maximum Gasteiger partial charge on any atom is 0.248 e. The Labute approximate surface area is 180 Å². The number of hydrogen-bond donors (Lipinski definition) is 2. The molecule has 7 heteroatoms. The summed E-state index contributed by atoms with van der Waals surface area (Å²) in [7, 11) is 0. The molecule has 1 heterocycles. The zero-order chi connectivity index (χ0) is 21.6. The van der Waals surface area contributed by atoms with Gasteiger partial charge < -0.3 is 16.0 Å². The number of carbonyl (C=O) groups excluding carboxylic acids is 2. The van der Waals surface area contributed by atoms with Crippen LogP contribution in [0.2, 0.25) is 5.02 Å². The molecule has 0 spiro atoms. The monoisotopic (exact) mass is 422 g/mol. The quantitative estimate of drug-likeness (QED) is 0.769. The van der Waals surface area contributed by atoms with Gasteiger partial charge in [0, 0.05) is 35.8 Å². The Balaban J connectivity index is 1.82. The van der Waals surface area contributed by atoms with Gasteiger partial charge in [-0.1, -0.05) is 18.5 Å². The fourth-order valence-corrected chi connectivity index (χ4v) is 4.82. The lowest BCUT2D eigenvalue weighted by Gasteiger charge is -2.46. The summed E-state index contributed by atoms with van der Waals surface area (Å²) in [4.78, 5) is 26.3. The molecular weight excluding hydrogens is 400 g/mol. The third-order valence-corrected chi connectivity index (χ3v) is 6.44. The Morgan fingerprint density at radius 3 is 2.53 bits per heavy atom. The number of primary amides is 1. The molecule has 1 fully saturated rings. The molecule has 2 aromatic carbocycles. The number of nitrogens with two attached hydrogens (primary N) is 1. The van der Waals surface area contributed by atoms with E-state index >= 15 is 0 Å². The molecule has 4 rings (SSSR count). The third-order valence-electron chi connectivity index (χ3n) is 6.13. The van der Waals surface area contributed by atoms with Crippen LogP contribution in [0.15, 0.2) is 36.4 Å². The van der Waals surface area contributed by atoms with Crippen molar-refractivity contribution in [3.63, 3.8) is 0 Å². The maximum atomic E-state index is 12.6. The Hall–Kier alpha value is -3.04. The first-order valence-corrected chi connectivity index (χ1v) is 10.4. The summed E-state index contributed by atoms with van der Waals surface area (Å²) in [5, 5.41) is 13.0. The van der Waals surface area contributed by atoms with Crippen molar-refractivity contribution in [3.05, 3.63) is 58.1 Å². The normalized spacial score (nSPS) is 22.7. The zero-order valence-electron chi connectivity index (χ0n) is 16.9. The second kappa shape index (κ2) is 7.66. The van der Waals surface area contributed by atoms with Crippen molar-refractivity contribution in [3.8, 4) is 6.07 Å². The lowest BCUT2D eigenvalue weighted by atomic mass is 9.79. The van der Waals surface area contributed by atoms with Crippen LogP contribution in [0, 0.1) is 23.2 Å². The van der Waals surface area contributed by atoms with Crippen LogP contribution in [0.25, 0.3) is 0 Å². The van der Waals surface area contributed by atoms with E-state index in [0.717, 1.165) is 29.8 Å². The fourth-order valence-electron chi connectivity index (χ4n) is 4.59. The predicted octanol–water partition coefficient (Wildman–Crippen LogP) is 4.24. The number of hydrogen-bond acceptors (Lipinski definition) is 4. The van der Waals surface area contributed by atoms with Crippen LogP contribution in [0.5, 0.6) is 0 Å². The smallest absolute Gasteiger partial charge is 0.248 e. The van der Waals surface area contributed by atoms with E-state index < -0.39 is 5.91 Å². The topological polar surface area (TPSA) is 99.2 Å². The highest BCUT2D eigenvalue weighted by molar-refractivity contribution is 6.32. The van der Waals surface area contributed by atoms with Gasteiger partial charge in [-0.3, -0.25) is 9.59 Å². The highest BCUT2D eigenvalue weighted by Crippen LogP contribution is 2.50. The highest BCUT2D eigenvalue weighted by atomic mass is 35.5. The van der Waals surface area contributed by atoms with Gasteiger partial charge in [-0.25, -0.2) is 0 Å². The van der Waals surface area contributed by atoms with E-state index in [4.69, 9.17) is 22.6 Å². The number of nitriles is 1. The molecule has 0 saturated heterocycles. The molecule has 3 atom stereocenters. The summed E-state index contributed by atoms with van der Waals surface area (Å²) in [6.45, 7) is 3.71. The predicted molar refractivity (Wildman–Crippen MR) is 116 cm³/mol. The van der Waals surface area contributed by atoms with Crippen molar-refractivity contribution < 1.29 is 9.59 Å². The number of fused-ring (bicyclic) bond motifs is 1. The summed E-state index contributed by atoms with van der Waals surface area (Å²) in [5.41, 5.74) is 8.77. The zero-order valence-corrected chi connectivity index (χ0v) is 17.6. The molecule has 2 aliphatic rings. The van der Waals surface area contributed by atoms with Gasteiger partial charge in [0.1, 0.15) is 6.07 Å². The minimum atomic E-state index is -0.510. The number of nitrogens with one attached hydrogen (secondary N) is 1. The minimum absolute atomic E-state index is 0.00769. The van der Waals surface area contributed by atoms with Gasteiger partial charge in [0.25, 0.3) is 0 Å². The van der Waals surface area contributed by atoms with Crippen molar-refractivity contribution in [2.75, 3.05) is 10.2 Å². The summed E-state index contributed by atoms with van der Waals surface area (Å²) in [6, 6.07) is 12.5. The first kappa shape index (κ1) is 20.2. The molecular formula is C23H23ClN4O2. The highest BCUT2D eigenvalue weighted by Gasteiger charge is 2.47. The van der Waals surface area contributed by atoms with Gasteiger partial charge in [0.15, 0.2) is 0 Å². The first-order chi connectivity index (χ1) is 14.3. The molecule has 0 aromatic heterocycles. The van der Waals surface area contributed by atoms with Crippen LogP contribution in [0.1, 0.15) is 54.2 Å². The lowest BCUT2D eigenvalue weighted by molar-refractivity contribution is -0.117. The molecule has 0 radical (unpaired) electrons. The molecule has 30 heavy (non-hydrogen) atoms. The molecule has 3 N–H and O–H groups in total. The van der Waals surface area contributed by atoms with Crippen molar-refractivity contribution in [1.29, 1.82) is 5.26 Å². The fraction of sp³-hybridized carbons (Fsp3) is 0.348. The van der Waals surface area contributed by atoms with E-state index in [2.05, 4.69) is 18.3 Å². The average molecular weight is 423 g/mol. The van der Waals surface area contributed by atoms with E-state index in [1.165, 1.54) is 0 Å². The summed E-state index contributed by atoms with van der Waals surface area (Å²) >= 11 is 6.23. The molecule has 2 amide bonds. The number of rotatable bonds is 4. The first-order valence-electron chi connectivity index (χ1n) is 10.0. The second-order valence-electron chi connectivity index (χ2n) is 8.14. The van der Waals surface area contributed by atoms with E-state index in [0.29, 0.717) is 22.1 Å². The number of benzene rings is 2. The van der Waals surface area contributed by atoms with E-state index in [9.17, 15) is 9.59 Å². The van der Waals surface area contributed by atoms with Crippen LogP contribution < -0.4 is 16.0 Å². The van der Waals surface area contributed by atoms with Crippen LogP contribution in [-0.4, -0.2) is 17.9 Å². The molecule has 154 valence electrons. The standard InChI is InChI=1S/C23H23ClN4O2/c1-12-21(27-17-7-5-16(11-25)19(24)10-17)18-9-15(23(26)30)6-8-20(18)28(13(2)29)22(12)14-3-4-14/h5-10,12,14,21-22,27H,3-4H2,1-2H3,(H2,26,30)/t12-,21-,22-/m1/s1. The summed E-state index contributed by atoms with van der Waals surface area (Å²) < 4.78 is 0. The number of anilines is 2. The molecule has 1 aliphatic carbocycles. The largest absolute Gasteiger partial charge is 0.378 e. The molecule has 2 aromatic rings. The van der Waals surface area contributed by atoms with Gasteiger partial charge in [0.2, 0.25) is 11.8 Å². The average Bonchev–Trinajstić information content (AvgIpc) is 3.54. The number of amides is 2. The van der Waals surface area contributed by atoms with Gasteiger partial charge in [-0.15, -0.1) is 0 Å². The number of carbonyl (C=O) groups is 2. The summed E-state index contributed by atoms with van der Waals surface area (Å²) in [6.07, 6.45) is 2.20. The minimum Gasteiger partial charge on any atom is -0.378 e. The Bertz CT molecular complexity index is 1070. The van der Waals surface area contributed by atoms with Crippen LogP contribution >= 0.6 is 11.6 Å². The van der Waals surface area contributed by atoms with E-state index in [1.807, 2.05) is 17.0 Å². The van der Waals surface area contributed by atoms with Crippen LogP contribution in [0.3, 0.4) is 0 Å². The molecule has 1 saturated carbocycles. The van der Waals surface area contributed by atoms with Gasteiger partial charge >= 0.3 is 0 Å². The molecule has 6 nitrogen and oxygen atoms in total. The Morgan fingerprint density at radius 2 is 1.97 bits per heavy atom. The van der Waals surface area contributed by atoms with Gasteiger partial charge in [0.05, 0.1) is 16.6 Å². The van der Waals surface area contributed by atoms with Crippen LogP contribution in [0.4, 0.5) is 11.4 Å². The Morgan fingerprint density at radius 1 is 1.23 bits per heavy atom. The van der Waals surface area contributed by atoms with Gasteiger partial charge in [-0.05, 0) is 60.7 Å². The molecule has 1 aliphatic heterocycles. The van der Waals surface area contributed by atoms with E-state index in [-0.39, 0.29) is 23.9 Å². The van der Waals surface area contributed by atoms with Crippen molar-refractivity contribution in [2.24, 2.45) is 17.6 Å². The SMILES string of the molecule is CC(=O)N1c2ccc(C(N)=O)cc2[C@H](Nc2ccc(C#N)c(Cl)c2)[C@@H](C)[C@@H]1C1CC1. The lowest BCUT2D eigenvalue weighted by Crippen LogP contribution is -2.51. The van der Waals surface area contributed by atoms with Crippen molar-refractivity contribution in [1.82, 2.24) is 0 Å². The van der Waals surface area contributed by atoms with Crippen LogP contribution in [-0.2, 0) is 4.79 Å². The van der Waals surface area contributed by atoms with Crippen molar-refractivity contribution >= 4 is 34.8 Å². The molecule has 0 bridgehead atoms.